The molecule has 0 unspecified atom stereocenters. The summed E-state index contributed by atoms with van der Waals surface area (Å²) in [5.74, 6) is -0.839. The van der Waals surface area contributed by atoms with Gasteiger partial charge in [0, 0.05) is 37.3 Å². The molecule has 2 rings (SSSR count). The Kier molecular flexibility index (Phi) is 5.87. The summed E-state index contributed by atoms with van der Waals surface area (Å²) in [4.78, 5) is 28.0. The topological polar surface area (TPSA) is 52.7 Å². The molecule has 1 N–H and O–H groups in total. The van der Waals surface area contributed by atoms with E-state index in [1.54, 1.807) is 30.0 Å². The molecule has 0 bridgehead atoms. The summed E-state index contributed by atoms with van der Waals surface area (Å²) in [6.45, 7) is 4.59. The second kappa shape index (κ2) is 7.87. The lowest BCUT2D eigenvalue weighted by molar-refractivity contribution is -0.133. The number of hydrogen-bond acceptors (Lipinski definition) is 3. The fourth-order valence-corrected chi connectivity index (χ4v) is 2.35. The Bertz CT molecular complexity index is 608. The van der Waals surface area contributed by atoms with Gasteiger partial charge in [-0.3, -0.25) is 9.59 Å². The number of hydrogen-bond donors (Lipinski definition) is 1. The molecule has 0 spiro atoms. The number of nitrogens with zero attached hydrogens (tertiary/aromatic N) is 2. The number of nitrogens with one attached hydrogen (secondary N) is 1. The Labute approximate surface area is 135 Å². The predicted octanol–water partition coefficient (Wildman–Crippen LogP) is 1.12. The smallest absolute Gasteiger partial charge is 0.247 e. The van der Waals surface area contributed by atoms with Crippen LogP contribution < -0.4 is 5.32 Å². The molecule has 124 valence electrons. The highest BCUT2D eigenvalue weighted by molar-refractivity contribution is 5.99. The molecule has 23 heavy (non-hydrogen) atoms. The number of halogens is 1. The van der Waals surface area contributed by atoms with Crippen LogP contribution >= 0.6 is 0 Å². The fraction of sp³-hybridized carbons (Fsp3) is 0.412. The number of carbonyl (C=O) groups excluding carboxylic acids is 2. The SMILES string of the molecule is C/C(=C\c1ccccc1F)C(=O)NCC(=O)N1CCN(C)CC1. The van der Waals surface area contributed by atoms with Gasteiger partial charge in [-0.2, -0.15) is 0 Å². The van der Waals surface area contributed by atoms with Crippen molar-refractivity contribution in [2.24, 2.45) is 0 Å². The van der Waals surface area contributed by atoms with Crippen molar-refractivity contribution in [2.75, 3.05) is 39.8 Å². The molecule has 1 aromatic carbocycles. The highest BCUT2D eigenvalue weighted by Gasteiger charge is 2.19. The van der Waals surface area contributed by atoms with Crippen molar-refractivity contribution in [1.29, 1.82) is 0 Å². The third-order valence-electron chi connectivity index (χ3n) is 3.89. The summed E-state index contributed by atoms with van der Waals surface area (Å²) in [5, 5.41) is 2.60. The molecule has 1 aliphatic heterocycles. The van der Waals surface area contributed by atoms with Gasteiger partial charge in [-0.25, -0.2) is 4.39 Å². The average molecular weight is 319 g/mol. The van der Waals surface area contributed by atoms with Crippen LogP contribution in [0.15, 0.2) is 29.8 Å². The molecule has 1 saturated heterocycles. The van der Waals surface area contributed by atoms with E-state index < -0.39 is 0 Å². The maximum atomic E-state index is 13.6. The molecule has 5 nitrogen and oxygen atoms in total. The molecular formula is C17H22FN3O2. The zero-order chi connectivity index (χ0) is 16.8. The Morgan fingerprint density at radius 2 is 1.87 bits per heavy atom. The quantitative estimate of drug-likeness (QED) is 0.846. The maximum absolute atomic E-state index is 13.6. The predicted molar refractivity (Wildman–Crippen MR) is 87.1 cm³/mol. The summed E-state index contributed by atoms with van der Waals surface area (Å²) >= 11 is 0. The monoisotopic (exact) mass is 319 g/mol. The number of amides is 2. The van der Waals surface area contributed by atoms with Crippen LogP contribution in [0.2, 0.25) is 0 Å². The van der Waals surface area contributed by atoms with Gasteiger partial charge in [-0.1, -0.05) is 18.2 Å². The van der Waals surface area contributed by atoms with Crippen LogP contribution in [0.4, 0.5) is 4.39 Å². The van der Waals surface area contributed by atoms with Crippen LogP contribution in [-0.2, 0) is 9.59 Å². The highest BCUT2D eigenvalue weighted by atomic mass is 19.1. The van der Waals surface area contributed by atoms with Crippen molar-refractivity contribution < 1.29 is 14.0 Å². The summed E-state index contributed by atoms with van der Waals surface area (Å²) in [6, 6.07) is 6.24. The van der Waals surface area contributed by atoms with Crippen LogP contribution in [0.1, 0.15) is 12.5 Å². The molecule has 6 heteroatoms. The van der Waals surface area contributed by atoms with Crippen LogP contribution in [0, 0.1) is 5.82 Å². The zero-order valence-corrected chi connectivity index (χ0v) is 13.5. The Morgan fingerprint density at radius 3 is 2.52 bits per heavy atom. The fourth-order valence-electron chi connectivity index (χ4n) is 2.35. The number of carbonyl (C=O) groups is 2. The first-order valence-corrected chi connectivity index (χ1v) is 7.64. The summed E-state index contributed by atoms with van der Waals surface area (Å²) < 4.78 is 13.6. The lowest BCUT2D eigenvalue weighted by Crippen LogP contribution is -2.50. The number of rotatable bonds is 4. The summed E-state index contributed by atoms with van der Waals surface area (Å²) in [6.07, 6.45) is 1.48. The highest BCUT2D eigenvalue weighted by Crippen LogP contribution is 2.11. The molecule has 2 amide bonds. The van der Waals surface area contributed by atoms with Crippen molar-refractivity contribution >= 4 is 17.9 Å². The van der Waals surface area contributed by atoms with E-state index in [0.29, 0.717) is 24.2 Å². The standard InChI is InChI=1S/C17H22FN3O2/c1-13(11-14-5-3-4-6-15(14)18)17(23)19-12-16(22)21-9-7-20(2)8-10-21/h3-6,11H,7-10,12H2,1-2H3,(H,19,23)/b13-11+. The van der Waals surface area contributed by atoms with Crippen molar-refractivity contribution in [3.05, 3.63) is 41.2 Å². The van der Waals surface area contributed by atoms with Crippen LogP contribution in [0.5, 0.6) is 0 Å². The van der Waals surface area contributed by atoms with Gasteiger partial charge in [-0.05, 0) is 26.1 Å². The Morgan fingerprint density at radius 1 is 1.22 bits per heavy atom. The number of benzene rings is 1. The van der Waals surface area contributed by atoms with Crippen LogP contribution in [-0.4, -0.2) is 61.4 Å². The second-order valence-electron chi connectivity index (χ2n) is 5.72. The van der Waals surface area contributed by atoms with Gasteiger partial charge < -0.3 is 15.1 Å². The lowest BCUT2D eigenvalue weighted by Gasteiger charge is -2.32. The maximum Gasteiger partial charge on any atom is 0.247 e. The minimum Gasteiger partial charge on any atom is -0.343 e. The Hall–Kier alpha value is -2.21. The van der Waals surface area contributed by atoms with E-state index in [-0.39, 0.29) is 24.2 Å². The van der Waals surface area contributed by atoms with Crippen molar-refractivity contribution in [2.45, 2.75) is 6.92 Å². The van der Waals surface area contributed by atoms with Gasteiger partial charge >= 0.3 is 0 Å². The molecular weight excluding hydrogens is 297 g/mol. The third kappa shape index (κ3) is 4.89. The molecule has 1 aliphatic rings. The molecule has 1 heterocycles. The van der Waals surface area contributed by atoms with E-state index in [9.17, 15) is 14.0 Å². The van der Waals surface area contributed by atoms with Crippen molar-refractivity contribution in [3.8, 4) is 0 Å². The summed E-state index contributed by atoms with van der Waals surface area (Å²) in [7, 11) is 2.01. The van der Waals surface area contributed by atoms with Crippen molar-refractivity contribution in [3.63, 3.8) is 0 Å². The summed E-state index contributed by atoms with van der Waals surface area (Å²) in [5.41, 5.74) is 0.715. The van der Waals surface area contributed by atoms with E-state index in [1.807, 2.05) is 7.05 Å². The zero-order valence-electron chi connectivity index (χ0n) is 13.5. The van der Waals surface area contributed by atoms with Gasteiger partial charge in [-0.15, -0.1) is 0 Å². The third-order valence-corrected chi connectivity index (χ3v) is 3.89. The van der Waals surface area contributed by atoms with Gasteiger partial charge in [0.2, 0.25) is 11.8 Å². The normalized spacial score (nSPS) is 16.3. The van der Waals surface area contributed by atoms with E-state index in [1.165, 1.54) is 12.1 Å². The number of likely N-dealkylation sites (N-methyl/N-ethyl adjacent to an activating group) is 1. The van der Waals surface area contributed by atoms with E-state index in [0.717, 1.165) is 13.1 Å². The van der Waals surface area contributed by atoms with Crippen LogP contribution in [0.3, 0.4) is 0 Å². The van der Waals surface area contributed by atoms with Gasteiger partial charge in [0.05, 0.1) is 6.54 Å². The first kappa shape index (κ1) is 17.1. The average Bonchev–Trinajstić information content (AvgIpc) is 2.55. The lowest BCUT2D eigenvalue weighted by atomic mass is 10.1. The minimum absolute atomic E-state index is 0.0367. The van der Waals surface area contributed by atoms with Gasteiger partial charge in [0.25, 0.3) is 0 Å². The van der Waals surface area contributed by atoms with Crippen molar-refractivity contribution in [1.82, 2.24) is 15.1 Å². The first-order valence-electron chi connectivity index (χ1n) is 7.64. The molecule has 0 aromatic heterocycles. The van der Waals surface area contributed by atoms with Gasteiger partial charge in [0.1, 0.15) is 5.82 Å². The second-order valence-corrected chi connectivity index (χ2v) is 5.72. The number of piperazine rings is 1. The van der Waals surface area contributed by atoms with E-state index in [4.69, 9.17) is 0 Å². The van der Waals surface area contributed by atoms with Gasteiger partial charge in [0.15, 0.2) is 0 Å². The molecule has 1 aromatic rings. The minimum atomic E-state index is -0.381. The van der Waals surface area contributed by atoms with Crippen LogP contribution in [0.25, 0.3) is 6.08 Å². The molecule has 0 atom stereocenters. The molecule has 0 aliphatic carbocycles. The largest absolute Gasteiger partial charge is 0.343 e. The first-order chi connectivity index (χ1) is 11.0. The Balaban J connectivity index is 1.87. The molecule has 0 saturated carbocycles. The van der Waals surface area contributed by atoms with E-state index >= 15 is 0 Å². The molecule has 0 radical (unpaired) electrons. The van der Waals surface area contributed by atoms with E-state index in [2.05, 4.69) is 10.2 Å². The molecule has 1 fully saturated rings.